The van der Waals surface area contributed by atoms with Crippen molar-refractivity contribution in [1.82, 2.24) is 0 Å². The van der Waals surface area contributed by atoms with Crippen LogP contribution < -0.4 is 0 Å². The molecule has 0 amide bonds. The average molecular weight is 221 g/mol. The fourth-order valence-corrected chi connectivity index (χ4v) is 1.29. The van der Waals surface area contributed by atoms with Gasteiger partial charge < -0.3 is 14.0 Å². The van der Waals surface area contributed by atoms with E-state index < -0.39 is 50.0 Å². The molecule has 3 nitrogen and oxygen atoms in total. The molecule has 0 aliphatic carbocycles. The van der Waals surface area contributed by atoms with E-state index in [2.05, 4.69) is 4.74 Å². The van der Waals surface area contributed by atoms with Crippen molar-refractivity contribution >= 4 is 7.12 Å². The highest BCUT2D eigenvalue weighted by Crippen LogP contribution is 2.41. The molecule has 2 heterocycles. The van der Waals surface area contributed by atoms with Crippen molar-refractivity contribution in [2.24, 2.45) is 0 Å². The van der Waals surface area contributed by atoms with Gasteiger partial charge in [-0.2, -0.15) is 0 Å². The second-order valence-electron chi connectivity index (χ2n) is 4.56. The Balaban J connectivity index is 2.62. The molecule has 0 N–H and O–H groups in total. The van der Waals surface area contributed by atoms with E-state index in [0.29, 0.717) is 0 Å². The summed E-state index contributed by atoms with van der Waals surface area (Å²) in [5, 5.41) is 0. The maximum Gasteiger partial charge on any atom is 0.463 e. The minimum Gasteiger partial charge on any atom is -0.403 e. The molecule has 0 bridgehead atoms. The van der Waals surface area contributed by atoms with Gasteiger partial charge in [0.15, 0.2) is 0 Å². The molecule has 2 saturated heterocycles. The average Bonchev–Trinajstić information content (AvgIpc) is 2.54. The lowest BCUT2D eigenvalue weighted by atomic mass is 9.69. The predicted molar refractivity (Wildman–Crippen MR) is 59.9 cm³/mol. The molecule has 2 fully saturated rings. The smallest absolute Gasteiger partial charge is 0.403 e. The van der Waals surface area contributed by atoms with E-state index in [-0.39, 0.29) is 0 Å². The third-order valence-corrected chi connectivity index (χ3v) is 2.95. The number of ether oxygens (including phenoxy) is 1. The lowest BCUT2D eigenvalue weighted by Crippen LogP contribution is -2.41. The predicted octanol–water partition coefficient (Wildman–Crippen LogP) is 2.26. The van der Waals surface area contributed by atoms with Crippen LogP contribution in [0.4, 0.5) is 0 Å². The topological polar surface area (TPSA) is 27.7 Å². The molecule has 2 aliphatic rings. The van der Waals surface area contributed by atoms with Gasteiger partial charge in [0.05, 0.1) is 16.7 Å². The van der Waals surface area contributed by atoms with Gasteiger partial charge >= 0.3 is 7.12 Å². The SMILES string of the molecule is [2H]C1([2H])OC([2H])([2H])C([2H])(B2OC(C)(C)C(C)(C)O2)C([2H])([2H])C1([2H])[2H]. The maximum atomic E-state index is 8.48. The van der Waals surface area contributed by atoms with Crippen molar-refractivity contribution in [3.8, 4) is 0 Å². The Kier molecular flexibility index (Phi) is 1.17. The summed E-state index contributed by atoms with van der Waals surface area (Å²) in [5.41, 5.74) is -2.03. The molecule has 2 rings (SSSR count). The van der Waals surface area contributed by atoms with Crippen molar-refractivity contribution < 1.29 is 26.4 Å². The van der Waals surface area contributed by atoms with Gasteiger partial charge in [0.25, 0.3) is 0 Å². The highest BCUT2D eigenvalue weighted by Gasteiger charge is 2.53. The third kappa shape index (κ3) is 2.08. The molecular weight excluding hydrogens is 191 g/mol. The molecule has 2 aliphatic heterocycles. The third-order valence-electron chi connectivity index (χ3n) is 2.95. The van der Waals surface area contributed by atoms with E-state index in [9.17, 15) is 0 Å². The van der Waals surface area contributed by atoms with Gasteiger partial charge in [0, 0.05) is 25.8 Å². The number of hydrogen-bond donors (Lipinski definition) is 0. The van der Waals surface area contributed by atoms with E-state index in [1.54, 1.807) is 27.7 Å². The fraction of sp³-hybridized carbons (Fsp3) is 1.00. The first-order chi connectivity index (χ1) is 10.3. The zero-order chi connectivity index (χ0) is 19.2. The molecule has 1 unspecified atom stereocenters. The van der Waals surface area contributed by atoms with Gasteiger partial charge in [0.2, 0.25) is 0 Å². The summed E-state index contributed by atoms with van der Waals surface area (Å²) in [5.74, 6) is -3.01. The standard InChI is InChI=1S/C11H21BO3/c1-10(2)11(3,4)15-12(14-10)9-6-5-7-13-8-9/h9H,5-8H2,1-4H3/i5D2,6D2,7D2,8D2,9D. The van der Waals surface area contributed by atoms with Gasteiger partial charge in [-0.15, -0.1) is 0 Å². The Bertz CT molecular complexity index is 535. The van der Waals surface area contributed by atoms with Crippen molar-refractivity contribution in [3.63, 3.8) is 0 Å². The van der Waals surface area contributed by atoms with Crippen LogP contribution in [0.3, 0.4) is 0 Å². The fourth-order valence-electron chi connectivity index (χ4n) is 1.29. The molecule has 0 spiro atoms. The van der Waals surface area contributed by atoms with E-state index >= 15 is 0 Å². The van der Waals surface area contributed by atoms with E-state index in [1.807, 2.05) is 0 Å². The van der Waals surface area contributed by atoms with Gasteiger partial charge in [0.1, 0.15) is 0 Å². The summed E-state index contributed by atoms with van der Waals surface area (Å²) in [6.07, 6.45) is -6.65. The van der Waals surface area contributed by atoms with Crippen LogP contribution in [0.2, 0.25) is 5.79 Å². The molecule has 0 saturated carbocycles. The van der Waals surface area contributed by atoms with E-state index in [1.165, 1.54) is 0 Å². The largest absolute Gasteiger partial charge is 0.463 e. The normalized spacial score (nSPS) is 61.6. The van der Waals surface area contributed by atoms with Crippen LogP contribution in [-0.2, 0) is 14.0 Å². The molecule has 4 heteroatoms. The first-order valence-corrected chi connectivity index (χ1v) is 4.83. The van der Waals surface area contributed by atoms with Crippen LogP contribution in [0, 0.1) is 0 Å². The van der Waals surface area contributed by atoms with Crippen molar-refractivity contribution in [1.29, 1.82) is 0 Å². The summed E-state index contributed by atoms with van der Waals surface area (Å²) >= 11 is 0. The molecule has 15 heavy (non-hydrogen) atoms. The summed E-state index contributed by atoms with van der Waals surface area (Å²) in [6.45, 7) is -0.00262. The first kappa shape index (κ1) is 4.67. The van der Waals surface area contributed by atoms with Crippen molar-refractivity contribution in [2.45, 2.75) is 57.4 Å². The second-order valence-corrected chi connectivity index (χ2v) is 4.56. The van der Waals surface area contributed by atoms with Crippen LogP contribution >= 0.6 is 0 Å². The summed E-state index contributed by atoms with van der Waals surface area (Å²) in [7, 11) is -1.81. The van der Waals surface area contributed by atoms with Crippen molar-refractivity contribution in [2.75, 3.05) is 13.1 Å². The highest BCUT2D eigenvalue weighted by molar-refractivity contribution is 6.47. The number of rotatable bonds is 1. The molecular formula is C11H21BO3. The molecule has 1 atom stereocenters. The molecule has 0 radical (unpaired) electrons. The van der Waals surface area contributed by atoms with Gasteiger partial charge in [-0.3, -0.25) is 0 Å². The maximum absolute atomic E-state index is 8.48. The lowest BCUT2D eigenvalue weighted by molar-refractivity contribution is 0.00578. The minimum atomic E-state index is -3.33. The van der Waals surface area contributed by atoms with Gasteiger partial charge in [-0.25, -0.2) is 0 Å². The first-order valence-electron chi connectivity index (χ1n) is 9.33. The highest BCUT2D eigenvalue weighted by atomic mass is 16.7. The van der Waals surface area contributed by atoms with Gasteiger partial charge in [-0.1, -0.05) is 0 Å². The van der Waals surface area contributed by atoms with E-state index in [0.717, 1.165) is 0 Å². The Labute approximate surface area is 105 Å². The second kappa shape index (κ2) is 3.76. The van der Waals surface area contributed by atoms with Gasteiger partial charge in [-0.05, 0) is 40.4 Å². The minimum absolute atomic E-state index is 1.01. The Hall–Kier alpha value is -0.0551. The van der Waals surface area contributed by atoms with Crippen LogP contribution in [0.1, 0.15) is 52.8 Å². The summed E-state index contributed by atoms with van der Waals surface area (Å²) in [4.78, 5) is 0. The molecule has 86 valence electrons. The Morgan fingerprint density at radius 1 is 1.27 bits per heavy atom. The Morgan fingerprint density at radius 3 is 2.47 bits per heavy atom. The summed E-state index contributed by atoms with van der Waals surface area (Å²) < 4.78 is 87.1. The molecule has 0 aromatic heterocycles. The number of hydrogen-bond acceptors (Lipinski definition) is 3. The van der Waals surface area contributed by atoms with Crippen molar-refractivity contribution in [3.05, 3.63) is 0 Å². The Morgan fingerprint density at radius 2 is 1.87 bits per heavy atom. The summed E-state index contributed by atoms with van der Waals surface area (Å²) in [6, 6.07) is 0. The quantitative estimate of drug-likeness (QED) is 0.635. The zero-order valence-electron chi connectivity index (χ0n) is 18.3. The zero-order valence-corrected chi connectivity index (χ0v) is 9.30. The van der Waals surface area contributed by atoms with Crippen LogP contribution in [0.5, 0.6) is 0 Å². The monoisotopic (exact) mass is 221 g/mol. The molecule has 0 aromatic rings. The van der Waals surface area contributed by atoms with E-state index in [4.69, 9.17) is 21.6 Å². The van der Waals surface area contributed by atoms with Crippen LogP contribution in [0.15, 0.2) is 0 Å². The molecule has 0 aromatic carbocycles. The lowest BCUT2D eigenvalue weighted by Gasteiger charge is -2.32. The van der Waals surface area contributed by atoms with Crippen LogP contribution in [0.25, 0.3) is 0 Å². The van der Waals surface area contributed by atoms with Crippen LogP contribution in [-0.4, -0.2) is 31.4 Å².